The Morgan fingerprint density at radius 2 is 1.92 bits per heavy atom. The lowest BCUT2D eigenvalue weighted by molar-refractivity contribution is -0.192. The molecule has 2 aromatic heterocycles. The van der Waals surface area contributed by atoms with Crippen LogP contribution >= 0.6 is 0 Å². The number of carbonyl (C=O) groups excluding carboxylic acids is 2. The number of aliphatic carboxylic acids is 1. The Morgan fingerprint density at radius 1 is 1.22 bits per heavy atom. The monoisotopic (exact) mass is 511 g/mol. The third-order valence-electron chi connectivity index (χ3n) is 5.88. The largest absolute Gasteiger partial charge is 0.490 e. The Kier molecular flexibility index (Phi) is 9.02. The van der Waals surface area contributed by atoms with Crippen molar-refractivity contribution in [3.8, 4) is 0 Å². The Hall–Kier alpha value is -3.48. The van der Waals surface area contributed by atoms with Crippen molar-refractivity contribution < 1.29 is 37.4 Å². The molecule has 0 saturated carbocycles. The van der Waals surface area contributed by atoms with Gasteiger partial charge in [0.25, 0.3) is 5.91 Å². The molecule has 1 fully saturated rings. The lowest BCUT2D eigenvalue weighted by atomic mass is 10.0. The number of carbonyl (C=O) groups is 3. The molecule has 10 nitrogen and oxygen atoms in total. The van der Waals surface area contributed by atoms with Gasteiger partial charge in [-0.2, -0.15) is 18.3 Å². The predicted molar refractivity (Wildman–Crippen MR) is 120 cm³/mol. The van der Waals surface area contributed by atoms with Crippen LogP contribution in [0.2, 0.25) is 0 Å². The van der Waals surface area contributed by atoms with E-state index < -0.39 is 12.1 Å². The fraction of sp³-hybridized carbons (Fsp3) is 0.522. The molecular formula is C23H28F3N5O5. The van der Waals surface area contributed by atoms with Crippen molar-refractivity contribution in [2.45, 2.75) is 44.9 Å². The van der Waals surface area contributed by atoms with Gasteiger partial charge in [0.2, 0.25) is 5.91 Å². The van der Waals surface area contributed by atoms with Crippen molar-refractivity contribution in [1.82, 2.24) is 25.0 Å². The van der Waals surface area contributed by atoms with Gasteiger partial charge in [-0.15, -0.1) is 0 Å². The van der Waals surface area contributed by atoms with Crippen LogP contribution in [0.15, 0.2) is 30.7 Å². The molecule has 2 aliphatic rings. The molecule has 13 heteroatoms. The minimum atomic E-state index is -5.08. The van der Waals surface area contributed by atoms with Crippen LogP contribution in [0, 0.1) is 12.8 Å². The van der Waals surface area contributed by atoms with Crippen LogP contribution in [-0.2, 0) is 20.9 Å². The number of aromatic nitrogens is 3. The third-order valence-corrected chi connectivity index (χ3v) is 5.88. The predicted octanol–water partition coefficient (Wildman–Crippen LogP) is 2.35. The highest BCUT2D eigenvalue weighted by molar-refractivity contribution is 5.94. The van der Waals surface area contributed by atoms with Crippen molar-refractivity contribution in [2.24, 2.45) is 5.92 Å². The Bertz CT molecular complexity index is 1070. The number of hydrogen-bond acceptors (Lipinski definition) is 6. The van der Waals surface area contributed by atoms with E-state index in [1.807, 2.05) is 23.7 Å². The second-order valence-corrected chi connectivity index (χ2v) is 8.72. The zero-order chi connectivity index (χ0) is 26.3. The molecule has 0 aliphatic carbocycles. The van der Waals surface area contributed by atoms with Crippen LogP contribution in [0.25, 0.3) is 0 Å². The summed E-state index contributed by atoms with van der Waals surface area (Å²) in [6.07, 6.45) is 2.24. The topological polar surface area (TPSA) is 127 Å². The van der Waals surface area contributed by atoms with Gasteiger partial charge >= 0.3 is 12.1 Å². The smallest absolute Gasteiger partial charge is 0.475 e. The van der Waals surface area contributed by atoms with E-state index in [-0.39, 0.29) is 17.9 Å². The van der Waals surface area contributed by atoms with Gasteiger partial charge in [-0.1, -0.05) is 0 Å². The minimum Gasteiger partial charge on any atom is -0.475 e. The second-order valence-electron chi connectivity index (χ2n) is 8.72. The molecule has 0 bridgehead atoms. The van der Waals surface area contributed by atoms with E-state index in [1.54, 1.807) is 23.5 Å². The first-order valence-corrected chi connectivity index (χ1v) is 11.4. The van der Waals surface area contributed by atoms with Gasteiger partial charge in [0.05, 0.1) is 30.3 Å². The Morgan fingerprint density at radius 3 is 2.56 bits per heavy atom. The summed E-state index contributed by atoms with van der Waals surface area (Å²) in [5, 5.41) is 14.6. The molecule has 1 atom stereocenters. The molecular weight excluding hydrogens is 483 g/mol. The molecule has 0 spiro atoms. The number of alkyl halides is 3. The normalized spacial score (nSPS) is 18.0. The zero-order valence-corrected chi connectivity index (χ0v) is 19.7. The lowest BCUT2D eigenvalue weighted by Gasteiger charge is -2.34. The van der Waals surface area contributed by atoms with Crippen LogP contribution in [-0.4, -0.2) is 75.0 Å². The average Bonchev–Trinajstić information content (AvgIpc) is 3.32. The molecule has 2 aromatic rings. The van der Waals surface area contributed by atoms with Crippen molar-refractivity contribution >= 4 is 17.8 Å². The summed E-state index contributed by atoms with van der Waals surface area (Å²) in [6, 6.07) is 3.57. The SMILES string of the molecule is Cc1cncc(C(=O)N2Cc3ccnn3C(CC(=O)NCC3CCOCC3)C2)c1.O=C(O)C(F)(F)F. The summed E-state index contributed by atoms with van der Waals surface area (Å²) < 4.78 is 39.0. The molecule has 0 aromatic carbocycles. The summed E-state index contributed by atoms with van der Waals surface area (Å²) >= 11 is 0. The molecule has 196 valence electrons. The summed E-state index contributed by atoms with van der Waals surface area (Å²) in [5.41, 5.74) is 2.45. The number of carboxylic acid groups (broad SMARTS) is 1. The van der Waals surface area contributed by atoms with Crippen molar-refractivity contribution in [2.75, 3.05) is 26.3 Å². The molecule has 2 N–H and O–H groups in total. The van der Waals surface area contributed by atoms with Gasteiger partial charge in [-0.25, -0.2) is 4.79 Å². The third kappa shape index (κ3) is 7.51. The summed E-state index contributed by atoms with van der Waals surface area (Å²) in [4.78, 5) is 40.4. The molecule has 1 saturated heterocycles. The highest BCUT2D eigenvalue weighted by atomic mass is 19.4. The molecule has 0 radical (unpaired) electrons. The second kappa shape index (κ2) is 12.0. The lowest BCUT2D eigenvalue weighted by Crippen LogP contribution is -2.43. The quantitative estimate of drug-likeness (QED) is 0.631. The standard InChI is InChI=1S/C21H27N5O3.C2HF3O2/c1-15-8-17(12-22-10-15)21(28)25-13-18-2-5-24-26(18)19(14-25)9-20(27)23-11-16-3-6-29-7-4-16;3-2(4,5)1(6)7/h2,5,8,10,12,16,19H,3-4,6-7,9,11,13-14H2,1H3,(H,23,27);(H,6,7). The first kappa shape index (κ1) is 27.1. The van der Waals surface area contributed by atoms with Gasteiger partial charge in [0, 0.05) is 44.9 Å². The first-order valence-electron chi connectivity index (χ1n) is 11.4. The van der Waals surface area contributed by atoms with E-state index in [1.165, 1.54) is 0 Å². The van der Waals surface area contributed by atoms with Crippen LogP contribution in [0.3, 0.4) is 0 Å². The first-order chi connectivity index (χ1) is 17.0. The molecule has 4 rings (SSSR count). The number of carboxylic acids is 1. The maximum Gasteiger partial charge on any atom is 0.490 e. The van der Waals surface area contributed by atoms with E-state index in [0.717, 1.165) is 37.3 Å². The number of fused-ring (bicyclic) bond motifs is 1. The van der Waals surface area contributed by atoms with E-state index in [9.17, 15) is 22.8 Å². The van der Waals surface area contributed by atoms with Gasteiger partial charge in [-0.05, 0) is 43.4 Å². The number of nitrogens with zero attached hydrogens (tertiary/aromatic N) is 4. The zero-order valence-electron chi connectivity index (χ0n) is 19.7. The summed E-state index contributed by atoms with van der Waals surface area (Å²) in [6.45, 7) is 5.06. The number of pyridine rings is 1. The average molecular weight is 512 g/mol. The summed E-state index contributed by atoms with van der Waals surface area (Å²) in [5.74, 6) is -2.35. The Balaban J connectivity index is 0.000000454. The number of aryl methyl sites for hydroxylation is 1. The van der Waals surface area contributed by atoms with Gasteiger partial charge in [0.15, 0.2) is 0 Å². The van der Waals surface area contributed by atoms with Crippen LogP contribution < -0.4 is 5.32 Å². The van der Waals surface area contributed by atoms with E-state index >= 15 is 0 Å². The number of nitrogens with one attached hydrogen (secondary N) is 1. The van der Waals surface area contributed by atoms with Gasteiger partial charge in [-0.3, -0.25) is 19.3 Å². The van der Waals surface area contributed by atoms with E-state index in [2.05, 4.69) is 15.4 Å². The molecule has 1 unspecified atom stereocenters. The van der Waals surface area contributed by atoms with Crippen LogP contribution in [0.4, 0.5) is 13.2 Å². The van der Waals surface area contributed by atoms with Crippen LogP contribution in [0.1, 0.15) is 46.9 Å². The highest BCUT2D eigenvalue weighted by Gasteiger charge is 2.38. The fourth-order valence-corrected chi connectivity index (χ4v) is 4.04. The van der Waals surface area contributed by atoms with Gasteiger partial charge in [0.1, 0.15) is 0 Å². The van der Waals surface area contributed by atoms with Crippen molar-refractivity contribution in [1.29, 1.82) is 0 Å². The summed E-state index contributed by atoms with van der Waals surface area (Å²) in [7, 11) is 0. The molecule has 2 amide bonds. The fourth-order valence-electron chi connectivity index (χ4n) is 4.04. The highest BCUT2D eigenvalue weighted by Crippen LogP contribution is 2.24. The molecule has 2 aliphatic heterocycles. The van der Waals surface area contributed by atoms with E-state index in [4.69, 9.17) is 14.6 Å². The van der Waals surface area contributed by atoms with Crippen molar-refractivity contribution in [3.63, 3.8) is 0 Å². The number of amides is 2. The number of hydrogen-bond donors (Lipinski definition) is 2. The number of ether oxygens (including phenoxy) is 1. The number of halogens is 3. The molecule has 36 heavy (non-hydrogen) atoms. The van der Waals surface area contributed by atoms with Crippen molar-refractivity contribution in [3.05, 3.63) is 47.5 Å². The minimum absolute atomic E-state index is 0.00513. The van der Waals surface area contributed by atoms with Crippen LogP contribution in [0.5, 0.6) is 0 Å². The molecule has 4 heterocycles. The maximum atomic E-state index is 13.0. The number of rotatable bonds is 5. The van der Waals surface area contributed by atoms with Gasteiger partial charge < -0.3 is 20.1 Å². The van der Waals surface area contributed by atoms with E-state index in [0.29, 0.717) is 37.5 Å². The maximum absolute atomic E-state index is 13.0. The Labute approximate surface area is 205 Å².